The van der Waals surface area contributed by atoms with Crippen molar-refractivity contribution in [2.45, 2.75) is 20.3 Å². The minimum Gasteiger partial charge on any atom is -0.355 e. The van der Waals surface area contributed by atoms with Crippen molar-refractivity contribution in [1.82, 2.24) is 5.16 Å². The van der Waals surface area contributed by atoms with Gasteiger partial charge in [-0.05, 0) is 43.2 Å². The Labute approximate surface area is 147 Å². The van der Waals surface area contributed by atoms with E-state index in [4.69, 9.17) is 4.52 Å². The molecule has 5 nitrogen and oxygen atoms in total. The van der Waals surface area contributed by atoms with Gasteiger partial charge in [0.15, 0.2) is 11.5 Å². The molecule has 0 saturated heterocycles. The van der Waals surface area contributed by atoms with E-state index in [2.05, 4.69) is 16.5 Å². The largest absolute Gasteiger partial charge is 0.355 e. The van der Waals surface area contributed by atoms with E-state index in [-0.39, 0.29) is 11.5 Å². The second-order valence-corrected chi connectivity index (χ2v) is 6.57. The lowest BCUT2D eigenvalue weighted by molar-refractivity contribution is 0.101. The van der Waals surface area contributed by atoms with Gasteiger partial charge in [0.2, 0.25) is 0 Å². The van der Waals surface area contributed by atoms with Crippen molar-refractivity contribution in [2.75, 3.05) is 5.32 Å². The summed E-state index contributed by atoms with van der Waals surface area (Å²) in [7, 11) is 0. The number of carbonyl (C=O) groups is 1. The lowest BCUT2D eigenvalue weighted by atomic mass is 10.1. The van der Waals surface area contributed by atoms with Crippen LogP contribution in [-0.2, 0) is 6.42 Å². The van der Waals surface area contributed by atoms with E-state index in [0.717, 1.165) is 16.9 Å². The molecule has 0 aliphatic heterocycles. The van der Waals surface area contributed by atoms with Crippen LogP contribution in [0.4, 0.5) is 9.39 Å². The zero-order valence-corrected chi connectivity index (χ0v) is 14.4. The lowest BCUT2D eigenvalue weighted by Crippen LogP contribution is -2.12. The number of amides is 1. The average Bonchev–Trinajstić information content (AvgIpc) is 3.20. The standard InChI is InChI=1S/C18H14FN3O2S/c1-3-13-10(2)25-18(14(13)9-20)21-17(23)15-8-16(24-22-15)11-4-6-12(19)7-5-11/h4-8H,3H2,1-2H3,(H,21,23). The number of aryl methyl sites for hydroxylation is 1. The van der Waals surface area contributed by atoms with Crippen LogP contribution in [0.1, 0.15) is 33.4 Å². The third-order valence-electron chi connectivity index (χ3n) is 3.77. The van der Waals surface area contributed by atoms with E-state index in [1.807, 2.05) is 13.8 Å². The molecule has 3 aromatic rings. The number of nitrogens with zero attached hydrogens (tertiary/aromatic N) is 2. The fourth-order valence-electron chi connectivity index (χ4n) is 2.51. The molecule has 0 aliphatic rings. The molecule has 3 rings (SSSR count). The molecule has 2 heterocycles. The van der Waals surface area contributed by atoms with Gasteiger partial charge < -0.3 is 9.84 Å². The lowest BCUT2D eigenvalue weighted by Gasteiger charge is -2.00. The van der Waals surface area contributed by atoms with E-state index in [0.29, 0.717) is 21.9 Å². The molecule has 0 unspecified atom stereocenters. The zero-order chi connectivity index (χ0) is 18.0. The highest BCUT2D eigenvalue weighted by Gasteiger charge is 2.19. The zero-order valence-electron chi connectivity index (χ0n) is 13.6. The van der Waals surface area contributed by atoms with Gasteiger partial charge in [-0.25, -0.2) is 4.39 Å². The number of rotatable bonds is 4. The SMILES string of the molecule is CCc1c(C)sc(NC(=O)c2cc(-c3ccc(F)cc3)on2)c1C#N. The van der Waals surface area contributed by atoms with E-state index >= 15 is 0 Å². The van der Waals surface area contributed by atoms with E-state index in [1.165, 1.54) is 29.5 Å². The number of halogens is 1. The van der Waals surface area contributed by atoms with Gasteiger partial charge in [0.1, 0.15) is 16.9 Å². The average molecular weight is 355 g/mol. The Morgan fingerprint density at radius 3 is 2.76 bits per heavy atom. The fourth-order valence-corrected chi connectivity index (χ4v) is 3.60. The molecular weight excluding hydrogens is 341 g/mol. The number of thiophene rings is 1. The molecular formula is C18H14FN3O2S. The Hall–Kier alpha value is -2.98. The van der Waals surface area contributed by atoms with Gasteiger partial charge in [-0.3, -0.25) is 4.79 Å². The summed E-state index contributed by atoms with van der Waals surface area (Å²) in [6.45, 7) is 3.89. The number of carbonyl (C=O) groups excluding carboxylic acids is 1. The number of hydrogen-bond acceptors (Lipinski definition) is 5. The van der Waals surface area contributed by atoms with Crippen LogP contribution in [0.2, 0.25) is 0 Å². The Bertz CT molecular complexity index is 967. The van der Waals surface area contributed by atoms with Crippen molar-refractivity contribution in [1.29, 1.82) is 5.26 Å². The Balaban J connectivity index is 1.83. The van der Waals surface area contributed by atoms with Gasteiger partial charge >= 0.3 is 0 Å². The van der Waals surface area contributed by atoms with Crippen LogP contribution in [0.25, 0.3) is 11.3 Å². The van der Waals surface area contributed by atoms with Crippen molar-refractivity contribution < 1.29 is 13.7 Å². The van der Waals surface area contributed by atoms with Crippen LogP contribution in [-0.4, -0.2) is 11.1 Å². The van der Waals surface area contributed by atoms with Crippen LogP contribution < -0.4 is 5.32 Å². The molecule has 0 bridgehead atoms. The molecule has 126 valence electrons. The third kappa shape index (κ3) is 3.30. The first kappa shape index (κ1) is 16.9. The van der Waals surface area contributed by atoms with E-state index in [9.17, 15) is 14.4 Å². The molecule has 0 spiro atoms. The summed E-state index contributed by atoms with van der Waals surface area (Å²) in [6.07, 6.45) is 0.722. The summed E-state index contributed by atoms with van der Waals surface area (Å²) in [6, 6.07) is 9.32. The quantitative estimate of drug-likeness (QED) is 0.745. The first-order valence-electron chi connectivity index (χ1n) is 7.59. The van der Waals surface area contributed by atoms with Crippen molar-refractivity contribution in [3.05, 3.63) is 57.8 Å². The first-order chi connectivity index (χ1) is 12.0. The van der Waals surface area contributed by atoms with Crippen molar-refractivity contribution in [3.63, 3.8) is 0 Å². The van der Waals surface area contributed by atoms with Gasteiger partial charge in [0.25, 0.3) is 5.91 Å². The maximum Gasteiger partial charge on any atom is 0.278 e. The molecule has 1 amide bonds. The van der Waals surface area contributed by atoms with Gasteiger partial charge in [-0.1, -0.05) is 12.1 Å². The summed E-state index contributed by atoms with van der Waals surface area (Å²) in [5.41, 5.74) is 2.13. The number of nitriles is 1. The second kappa shape index (κ2) is 6.87. The number of nitrogens with one attached hydrogen (secondary N) is 1. The predicted octanol–water partition coefficient (Wildman–Crippen LogP) is 4.54. The molecule has 1 aromatic carbocycles. The van der Waals surface area contributed by atoms with Gasteiger partial charge in [0.05, 0.1) is 5.56 Å². The molecule has 2 aromatic heterocycles. The Morgan fingerprint density at radius 1 is 1.40 bits per heavy atom. The van der Waals surface area contributed by atoms with Crippen LogP contribution >= 0.6 is 11.3 Å². The molecule has 0 radical (unpaired) electrons. The fraction of sp³-hybridized carbons (Fsp3) is 0.167. The van der Waals surface area contributed by atoms with Crippen molar-refractivity contribution in [3.8, 4) is 17.4 Å². The van der Waals surface area contributed by atoms with Gasteiger partial charge in [0, 0.05) is 16.5 Å². The molecule has 0 saturated carbocycles. The van der Waals surface area contributed by atoms with Crippen LogP contribution in [0, 0.1) is 24.1 Å². The molecule has 7 heteroatoms. The smallest absolute Gasteiger partial charge is 0.278 e. The van der Waals surface area contributed by atoms with Crippen LogP contribution in [0.15, 0.2) is 34.9 Å². The highest BCUT2D eigenvalue weighted by Crippen LogP contribution is 2.33. The van der Waals surface area contributed by atoms with E-state index in [1.54, 1.807) is 12.1 Å². The monoisotopic (exact) mass is 355 g/mol. The van der Waals surface area contributed by atoms with Gasteiger partial charge in [-0.15, -0.1) is 11.3 Å². The number of hydrogen-bond donors (Lipinski definition) is 1. The summed E-state index contributed by atoms with van der Waals surface area (Å²) >= 11 is 1.36. The summed E-state index contributed by atoms with van der Waals surface area (Å²) < 4.78 is 18.1. The highest BCUT2D eigenvalue weighted by atomic mass is 32.1. The van der Waals surface area contributed by atoms with Crippen molar-refractivity contribution in [2.24, 2.45) is 0 Å². The first-order valence-corrected chi connectivity index (χ1v) is 8.41. The maximum atomic E-state index is 13.0. The Kier molecular flexibility index (Phi) is 4.63. The predicted molar refractivity (Wildman–Crippen MR) is 93.0 cm³/mol. The van der Waals surface area contributed by atoms with Crippen LogP contribution in [0.5, 0.6) is 0 Å². The van der Waals surface area contributed by atoms with Gasteiger partial charge in [-0.2, -0.15) is 5.26 Å². The number of aromatic nitrogens is 1. The van der Waals surface area contributed by atoms with Crippen LogP contribution in [0.3, 0.4) is 0 Å². The normalized spacial score (nSPS) is 10.5. The third-order valence-corrected chi connectivity index (χ3v) is 4.84. The summed E-state index contributed by atoms with van der Waals surface area (Å²) in [5.74, 6) is -0.454. The number of benzene rings is 1. The van der Waals surface area contributed by atoms with E-state index < -0.39 is 5.91 Å². The highest BCUT2D eigenvalue weighted by molar-refractivity contribution is 7.16. The minimum atomic E-state index is -0.461. The summed E-state index contributed by atoms with van der Waals surface area (Å²) in [4.78, 5) is 13.4. The molecule has 25 heavy (non-hydrogen) atoms. The second-order valence-electron chi connectivity index (χ2n) is 5.34. The molecule has 0 fully saturated rings. The summed E-state index contributed by atoms with van der Waals surface area (Å²) in [5, 5.41) is 16.3. The molecule has 0 aliphatic carbocycles. The topological polar surface area (TPSA) is 78.9 Å². The minimum absolute atomic E-state index is 0.0901. The molecule has 1 N–H and O–H groups in total. The Morgan fingerprint density at radius 2 is 2.12 bits per heavy atom. The maximum absolute atomic E-state index is 13.0. The molecule has 0 atom stereocenters. The van der Waals surface area contributed by atoms with Crippen molar-refractivity contribution >= 4 is 22.2 Å². The number of anilines is 1.